The molecule has 4 saturated carbocycles. The molecule has 0 aromatic carbocycles. The second-order valence-corrected chi connectivity index (χ2v) is 8.78. The van der Waals surface area contributed by atoms with E-state index in [1.54, 1.807) is 96.3 Å². The molecule has 114 valence electrons. The van der Waals surface area contributed by atoms with Crippen LogP contribution in [0.15, 0.2) is 0 Å². The molecule has 4 rings (SSSR count). The molecule has 0 saturated heterocycles. The van der Waals surface area contributed by atoms with Gasteiger partial charge in [-0.25, -0.2) is 0 Å². The topological polar surface area (TPSA) is 0 Å². The molecule has 0 spiro atoms. The summed E-state index contributed by atoms with van der Waals surface area (Å²) in [4.78, 5) is 0. The average molecular weight is 274 g/mol. The second-order valence-electron chi connectivity index (χ2n) is 8.78. The van der Waals surface area contributed by atoms with Gasteiger partial charge in [0, 0.05) is 0 Å². The molecule has 0 radical (unpaired) electrons. The Morgan fingerprint density at radius 3 is 2.50 bits per heavy atom. The third-order valence-electron chi connectivity index (χ3n) is 8.07. The third-order valence-corrected chi connectivity index (χ3v) is 8.07. The zero-order valence-corrected chi connectivity index (χ0v) is 13.4. The van der Waals surface area contributed by atoms with Crippen molar-refractivity contribution in [3.05, 3.63) is 0 Å². The van der Waals surface area contributed by atoms with Gasteiger partial charge in [-0.05, 0) is 86.9 Å². The number of hydrogen-bond acceptors (Lipinski definition) is 0. The summed E-state index contributed by atoms with van der Waals surface area (Å²) in [5, 5.41) is 0. The van der Waals surface area contributed by atoms with Crippen LogP contribution in [0.25, 0.3) is 0 Å². The van der Waals surface area contributed by atoms with Gasteiger partial charge in [-0.1, -0.05) is 38.5 Å². The highest BCUT2D eigenvalue weighted by molar-refractivity contribution is 4.96. The minimum Gasteiger partial charge on any atom is -0.0530 e. The SMILES string of the molecule is C1CCC2C(C1)CCC2CCC12CCCCC1CCC2. The highest BCUT2D eigenvalue weighted by atomic mass is 14.5. The van der Waals surface area contributed by atoms with Crippen LogP contribution in [-0.4, -0.2) is 0 Å². The van der Waals surface area contributed by atoms with E-state index < -0.39 is 0 Å². The van der Waals surface area contributed by atoms with Crippen molar-refractivity contribution in [2.75, 3.05) is 0 Å². The van der Waals surface area contributed by atoms with Gasteiger partial charge in [-0.15, -0.1) is 0 Å². The Balaban J connectivity index is 1.37. The molecule has 0 aromatic heterocycles. The maximum absolute atomic E-state index is 1.62. The first-order chi connectivity index (χ1) is 9.87. The zero-order valence-electron chi connectivity index (χ0n) is 13.4. The van der Waals surface area contributed by atoms with Gasteiger partial charge in [-0.2, -0.15) is 0 Å². The van der Waals surface area contributed by atoms with Crippen molar-refractivity contribution in [1.29, 1.82) is 0 Å². The quantitative estimate of drug-likeness (QED) is 0.563. The second kappa shape index (κ2) is 5.65. The van der Waals surface area contributed by atoms with Crippen LogP contribution >= 0.6 is 0 Å². The molecule has 0 aliphatic heterocycles. The van der Waals surface area contributed by atoms with Crippen LogP contribution in [0.3, 0.4) is 0 Å². The molecule has 5 unspecified atom stereocenters. The maximum atomic E-state index is 1.62. The summed E-state index contributed by atoms with van der Waals surface area (Å²) < 4.78 is 0. The molecule has 0 aromatic rings. The van der Waals surface area contributed by atoms with Crippen molar-refractivity contribution in [2.45, 2.75) is 96.3 Å². The van der Waals surface area contributed by atoms with E-state index in [1.807, 2.05) is 0 Å². The predicted molar refractivity (Wildman–Crippen MR) is 85.6 cm³/mol. The fourth-order valence-corrected chi connectivity index (χ4v) is 7.00. The molecule has 0 N–H and O–H groups in total. The van der Waals surface area contributed by atoms with Gasteiger partial charge >= 0.3 is 0 Å². The van der Waals surface area contributed by atoms with Crippen LogP contribution in [-0.2, 0) is 0 Å². The first-order valence-electron chi connectivity index (χ1n) is 9.87. The largest absolute Gasteiger partial charge is 0.0530 e. The Kier molecular flexibility index (Phi) is 3.86. The number of fused-ring (bicyclic) bond motifs is 2. The highest BCUT2D eigenvalue weighted by Gasteiger charge is 2.45. The van der Waals surface area contributed by atoms with Gasteiger partial charge in [0.2, 0.25) is 0 Å². The smallest absolute Gasteiger partial charge is 0.0269 e. The first-order valence-corrected chi connectivity index (χ1v) is 9.87. The molecule has 0 heteroatoms. The lowest BCUT2D eigenvalue weighted by Crippen LogP contribution is -2.30. The summed E-state index contributed by atoms with van der Waals surface area (Å²) in [5.74, 6) is 4.58. The van der Waals surface area contributed by atoms with Crippen LogP contribution in [0.1, 0.15) is 96.3 Å². The number of rotatable bonds is 3. The third kappa shape index (κ3) is 2.35. The van der Waals surface area contributed by atoms with Crippen LogP contribution in [0, 0.1) is 29.1 Å². The van der Waals surface area contributed by atoms with E-state index in [0.717, 1.165) is 29.1 Å². The lowest BCUT2D eigenvalue weighted by Gasteiger charge is -2.41. The van der Waals surface area contributed by atoms with E-state index in [4.69, 9.17) is 0 Å². The Bertz CT molecular complexity index is 333. The molecule has 0 nitrogen and oxygen atoms in total. The van der Waals surface area contributed by atoms with Crippen LogP contribution in [0.2, 0.25) is 0 Å². The summed E-state index contributed by atoms with van der Waals surface area (Å²) in [5.41, 5.74) is 0.838. The Labute approximate surface area is 126 Å². The molecule has 4 aliphatic carbocycles. The van der Waals surface area contributed by atoms with Crippen molar-refractivity contribution in [3.8, 4) is 0 Å². The van der Waals surface area contributed by atoms with Gasteiger partial charge in [0.1, 0.15) is 0 Å². The Morgan fingerprint density at radius 2 is 1.50 bits per heavy atom. The summed E-state index contributed by atoms with van der Waals surface area (Å²) in [6.07, 6.45) is 23.7. The lowest BCUT2D eigenvalue weighted by molar-refractivity contribution is 0.0973. The Morgan fingerprint density at radius 1 is 0.700 bits per heavy atom. The predicted octanol–water partition coefficient (Wildman–Crippen LogP) is 6.34. The molecule has 0 amide bonds. The van der Waals surface area contributed by atoms with Crippen LogP contribution in [0.4, 0.5) is 0 Å². The van der Waals surface area contributed by atoms with Gasteiger partial charge in [0.15, 0.2) is 0 Å². The van der Waals surface area contributed by atoms with Crippen molar-refractivity contribution >= 4 is 0 Å². The van der Waals surface area contributed by atoms with Gasteiger partial charge in [-0.3, -0.25) is 0 Å². The molecule has 0 bridgehead atoms. The van der Waals surface area contributed by atoms with Gasteiger partial charge < -0.3 is 0 Å². The highest BCUT2D eigenvalue weighted by Crippen LogP contribution is 2.57. The van der Waals surface area contributed by atoms with E-state index in [9.17, 15) is 0 Å². The van der Waals surface area contributed by atoms with Crippen molar-refractivity contribution in [2.24, 2.45) is 29.1 Å². The zero-order chi connectivity index (χ0) is 13.4. The molecular weight excluding hydrogens is 240 g/mol. The van der Waals surface area contributed by atoms with E-state index in [1.165, 1.54) is 0 Å². The number of hydrogen-bond donors (Lipinski definition) is 0. The normalized spacial score (nSPS) is 48.0. The summed E-state index contributed by atoms with van der Waals surface area (Å²) >= 11 is 0. The van der Waals surface area contributed by atoms with E-state index in [2.05, 4.69) is 0 Å². The minimum absolute atomic E-state index is 0.838. The van der Waals surface area contributed by atoms with E-state index >= 15 is 0 Å². The summed E-state index contributed by atoms with van der Waals surface area (Å²) in [6.45, 7) is 0. The minimum atomic E-state index is 0.838. The van der Waals surface area contributed by atoms with Gasteiger partial charge in [0.05, 0.1) is 0 Å². The molecule has 4 aliphatic rings. The Hall–Kier alpha value is 0. The van der Waals surface area contributed by atoms with Crippen molar-refractivity contribution in [1.82, 2.24) is 0 Å². The van der Waals surface area contributed by atoms with Gasteiger partial charge in [0.25, 0.3) is 0 Å². The van der Waals surface area contributed by atoms with Crippen LogP contribution < -0.4 is 0 Å². The average Bonchev–Trinajstić information content (AvgIpc) is 3.09. The van der Waals surface area contributed by atoms with E-state index in [-0.39, 0.29) is 0 Å². The lowest BCUT2D eigenvalue weighted by atomic mass is 9.64. The molecule has 4 fully saturated rings. The maximum Gasteiger partial charge on any atom is -0.0269 e. The molecular formula is C20H34. The molecule has 20 heavy (non-hydrogen) atoms. The molecule has 0 heterocycles. The fraction of sp³-hybridized carbons (Fsp3) is 1.00. The standard InChI is InChI=1S/C20H34/c1-2-9-19-16(6-1)10-11-17(19)12-15-20-13-4-3-7-18(20)8-5-14-20/h16-19H,1-15H2. The van der Waals surface area contributed by atoms with E-state index in [0.29, 0.717) is 0 Å². The van der Waals surface area contributed by atoms with Crippen LogP contribution in [0.5, 0.6) is 0 Å². The monoisotopic (exact) mass is 274 g/mol. The summed E-state index contributed by atoms with van der Waals surface area (Å²) in [6, 6.07) is 0. The fourth-order valence-electron chi connectivity index (χ4n) is 7.00. The van der Waals surface area contributed by atoms with Crippen molar-refractivity contribution in [3.63, 3.8) is 0 Å². The first kappa shape index (κ1) is 13.6. The van der Waals surface area contributed by atoms with Crippen molar-refractivity contribution < 1.29 is 0 Å². The summed E-state index contributed by atoms with van der Waals surface area (Å²) in [7, 11) is 0. The molecule has 5 atom stereocenters.